The molecule has 2 heterocycles. The third-order valence-electron chi connectivity index (χ3n) is 7.01. The number of thiophene rings is 1. The number of hydrogen-bond donors (Lipinski definition) is 1. The van der Waals surface area contributed by atoms with E-state index in [-0.39, 0.29) is 24.0 Å². The molecule has 1 atom stereocenters. The molecular weight excluding hydrogens is 516 g/mol. The van der Waals surface area contributed by atoms with Gasteiger partial charge in [-0.05, 0) is 55.9 Å². The highest BCUT2D eigenvalue weighted by Gasteiger charge is 2.28. The van der Waals surface area contributed by atoms with Crippen molar-refractivity contribution in [3.8, 4) is 23.1 Å². The lowest BCUT2D eigenvalue weighted by Crippen LogP contribution is -2.20. The number of fused-ring (bicyclic) bond motifs is 2. The minimum atomic E-state index is -0.389. The molecule has 0 spiro atoms. The Kier molecular flexibility index (Phi) is 7.43. The molecule has 1 N–H and O–H groups in total. The number of aromatic hydroxyl groups is 1. The third-order valence-corrected chi connectivity index (χ3v) is 8.21. The number of aromatic nitrogens is 1. The van der Waals surface area contributed by atoms with Crippen LogP contribution >= 0.6 is 11.3 Å². The van der Waals surface area contributed by atoms with Gasteiger partial charge in [-0.15, -0.1) is 11.3 Å². The quantitative estimate of drug-likeness (QED) is 0.231. The number of methoxy groups -OCH3 is 2. The lowest BCUT2D eigenvalue weighted by atomic mass is 9.88. The van der Waals surface area contributed by atoms with Crippen LogP contribution in [0.25, 0.3) is 16.5 Å². The summed E-state index contributed by atoms with van der Waals surface area (Å²) in [5.41, 5.74) is 1.88. The first-order valence-corrected chi connectivity index (χ1v) is 13.6. The highest BCUT2D eigenvalue weighted by Crippen LogP contribution is 2.42. The van der Waals surface area contributed by atoms with Crippen LogP contribution in [0.2, 0.25) is 0 Å². The highest BCUT2D eigenvalue weighted by molar-refractivity contribution is 7.16. The van der Waals surface area contributed by atoms with Gasteiger partial charge in [0.1, 0.15) is 5.00 Å². The molecule has 0 saturated carbocycles. The van der Waals surface area contributed by atoms with E-state index in [1.807, 2.05) is 0 Å². The summed E-state index contributed by atoms with van der Waals surface area (Å²) < 4.78 is 17.3. The smallest absolute Gasteiger partial charge is 0.341 e. The molecule has 4 aromatic rings. The molecule has 2 aromatic heterocycles. The number of nitrogens with zero attached hydrogens (tertiary/aromatic N) is 2. The Morgan fingerprint density at radius 1 is 1.15 bits per heavy atom. The van der Waals surface area contributed by atoms with Gasteiger partial charge in [0, 0.05) is 27.9 Å². The average molecular weight is 547 g/mol. The molecule has 0 amide bonds. The number of carbonyl (C=O) groups excluding carboxylic acids is 1. The van der Waals surface area contributed by atoms with E-state index in [9.17, 15) is 14.7 Å². The number of ether oxygens (including phenoxy) is 3. The van der Waals surface area contributed by atoms with Crippen LogP contribution in [0.4, 0.5) is 5.00 Å². The fraction of sp³-hybridized carbons (Fsp3) is 0.300. The van der Waals surface area contributed by atoms with Gasteiger partial charge in [0.2, 0.25) is 5.88 Å². The molecular formula is C30H30N2O6S. The SMILES string of the molecule is CCOC(=O)c1c(N=Cc2c(O)n(-c3ccc(OC)c(OC)c3)c(=O)c3ccccc23)sc2c1C[C@@H](C)CC2. The van der Waals surface area contributed by atoms with Crippen molar-refractivity contribution in [2.75, 3.05) is 20.8 Å². The fourth-order valence-corrected chi connectivity index (χ4v) is 6.24. The Balaban J connectivity index is 1.70. The Hall–Kier alpha value is -4.11. The molecule has 0 fully saturated rings. The maximum Gasteiger partial charge on any atom is 0.341 e. The Labute approximate surface area is 230 Å². The van der Waals surface area contributed by atoms with Crippen LogP contribution in [-0.2, 0) is 17.6 Å². The second kappa shape index (κ2) is 10.9. The van der Waals surface area contributed by atoms with E-state index < -0.39 is 0 Å². The summed E-state index contributed by atoms with van der Waals surface area (Å²) in [7, 11) is 3.03. The van der Waals surface area contributed by atoms with E-state index >= 15 is 0 Å². The number of hydrogen-bond acceptors (Lipinski definition) is 8. The molecule has 5 rings (SSSR count). The van der Waals surface area contributed by atoms with Crippen molar-refractivity contribution in [3.63, 3.8) is 0 Å². The molecule has 2 aromatic carbocycles. The van der Waals surface area contributed by atoms with Crippen LogP contribution < -0.4 is 15.0 Å². The Bertz CT molecular complexity index is 1650. The molecule has 1 aliphatic rings. The summed E-state index contributed by atoms with van der Waals surface area (Å²) in [6.07, 6.45) is 4.27. The van der Waals surface area contributed by atoms with Crippen LogP contribution in [0, 0.1) is 5.92 Å². The predicted octanol–water partition coefficient (Wildman–Crippen LogP) is 5.83. The van der Waals surface area contributed by atoms with E-state index in [4.69, 9.17) is 19.2 Å². The number of esters is 1. The molecule has 0 saturated heterocycles. The summed E-state index contributed by atoms with van der Waals surface area (Å²) in [5.74, 6) is 0.721. The zero-order valence-electron chi connectivity index (χ0n) is 22.3. The van der Waals surface area contributed by atoms with Crippen molar-refractivity contribution in [2.24, 2.45) is 10.9 Å². The summed E-state index contributed by atoms with van der Waals surface area (Å²) in [5, 5.41) is 13.0. The molecule has 39 heavy (non-hydrogen) atoms. The third kappa shape index (κ3) is 4.78. The molecule has 9 heteroatoms. The van der Waals surface area contributed by atoms with E-state index in [0.29, 0.717) is 50.0 Å². The summed E-state index contributed by atoms with van der Waals surface area (Å²) in [4.78, 5) is 32.4. The van der Waals surface area contributed by atoms with E-state index in [1.165, 1.54) is 36.3 Å². The minimum Gasteiger partial charge on any atom is -0.494 e. The van der Waals surface area contributed by atoms with E-state index in [2.05, 4.69) is 6.92 Å². The average Bonchev–Trinajstić information content (AvgIpc) is 3.30. The predicted molar refractivity (Wildman–Crippen MR) is 153 cm³/mol. The van der Waals surface area contributed by atoms with Crippen molar-refractivity contribution in [2.45, 2.75) is 33.1 Å². The zero-order valence-corrected chi connectivity index (χ0v) is 23.1. The van der Waals surface area contributed by atoms with Crippen LogP contribution in [-0.4, -0.2) is 42.7 Å². The van der Waals surface area contributed by atoms with Gasteiger partial charge >= 0.3 is 5.97 Å². The first-order valence-electron chi connectivity index (χ1n) is 12.8. The van der Waals surface area contributed by atoms with Crippen molar-refractivity contribution < 1.29 is 24.1 Å². The minimum absolute atomic E-state index is 0.268. The van der Waals surface area contributed by atoms with Crippen molar-refractivity contribution in [1.29, 1.82) is 0 Å². The first kappa shape index (κ1) is 26.5. The number of rotatable bonds is 7. The number of pyridine rings is 1. The Morgan fingerprint density at radius 3 is 2.62 bits per heavy atom. The van der Waals surface area contributed by atoms with E-state index in [0.717, 1.165) is 29.7 Å². The largest absolute Gasteiger partial charge is 0.494 e. The molecule has 202 valence electrons. The van der Waals surface area contributed by atoms with Crippen molar-refractivity contribution in [3.05, 3.63) is 74.4 Å². The van der Waals surface area contributed by atoms with Gasteiger partial charge in [-0.2, -0.15) is 0 Å². The fourth-order valence-electron chi connectivity index (χ4n) is 5.06. The standard InChI is InChI=1S/C30H30N2O6S/c1-5-38-30(35)26-21-14-17(2)10-13-25(21)39-27(26)31-16-22-19-8-6-7-9-20(19)28(33)32(29(22)34)18-11-12-23(36-3)24(15-18)37-4/h6-9,11-12,15-17,34H,5,10,13-14H2,1-4H3/t17-/m0/s1. The zero-order chi connectivity index (χ0) is 27.7. The van der Waals surface area contributed by atoms with Gasteiger partial charge in [-0.3, -0.25) is 4.79 Å². The van der Waals surface area contributed by atoms with E-state index in [1.54, 1.807) is 49.4 Å². The highest BCUT2D eigenvalue weighted by atomic mass is 32.1. The molecule has 0 bridgehead atoms. The van der Waals surface area contributed by atoms with Gasteiger partial charge in [0.05, 0.1) is 37.6 Å². The number of carbonyl (C=O) groups is 1. The second-order valence-electron chi connectivity index (χ2n) is 9.47. The normalized spacial score (nSPS) is 14.9. The lowest BCUT2D eigenvalue weighted by Gasteiger charge is -2.18. The maximum atomic E-state index is 13.5. The monoisotopic (exact) mass is 546 g/mol. The first-order chi connectivity index (χ1) is 18.9. The second-order valence-corrected chi connectivity index (χ2v) is 10.6. The van der Waals surface area contributed by atoms with Gasteiger partial charge in [0.15, 0.2) is 11.5 Å². The topological polar surface area (TPSA) is 99.3 Å². The number of aryl methyl sites for hydroxylation is 1. The van der Waals surface area contributed by atoms with Gasteiger partial charge in [-0.1, -0.05) is 25.1 Å². The Morgan fingerprint density at radius 2 is 1.90 bits per heavy atom. The lowest BCUT2D eigenvalue weighted by molar-refractivity contribution is 0.0526. The summed E-state index contributed by atoms with van der Waals surface area (Å²) in [6, 6.07) is 12.0. The molecule has 0 radical (unpaired) electrons. The molecule has 0 aliphatic heterocycles. The molecule has 1 aliphatic carbocycles. The number of benzene rings is 2. The van der Waals surface area contributed by atoms with Crippen LogP contribution in [0.5, 0.6) is 17.4 Å². The van der Waals surface area contributed by atoms with Crippen LogP contribution in [0.1, 0.15) is 46.6 Å². The van der Waals surface area contributed by atoms with Gasteiger partial charge < -0.3 is 19.3 Å². The van der Waals surface area contributed by atoms with Crippen molar-refractivity contribution in [1.82, 2.24) is 4.57 Å². The van der Waals surface area contributed by atoms with Crippen LogP contribution in [0.3, 0.4) is 0 Å². The summed E-state index contributed by atoms with van der Waals surface area (Å²) in [6.45, 7) is 4.23. The van der Waals surface area contributed by atoms with Crippen molar-refractivity contribution >= 4 is 39.3 Å². The molecule has 8 nitrogen and oxygen atoms in total. The summed E-state index contributed by atoms with van der Waals surface area (Å²) >= 11 is 1.48. The van der Waals surface area contributed by atoms with Gasteiger partial charge in [-0.25, -0.2) is 14.4 Å². The van der Waals surface area contributed by atoms with Gasteiger partial charge in [0.25, 0.3) is 5.56 Å². The van der Waals surface area contributed by atoms with Crippen LogP contribution in [0.15, 0.2) is 52.3 Å². The number of aliphatic imine (C=N–C) groups is 1. The maximum absolute atomic E-state index is 13.5. The molecule has 0 unspecified atom stereocenters.